The lowest BCUT2D eigenvalue weighted by Crippen LogP contribution is -2.56. The molecule has 2 aliphatic rings. The van der Waals surface area contributed by atoms with Gasteiger partial charge in [0, 0.05) is 53.1 Å². The van der Waals surface area contributed by atoms with Gasteiger partial charge in [0.15, 0.2) is 0 Å². The molecule has 15 nitrogen and oxygen atoms in total. The summed E-state index contributed by atoms with van der Waals surface area (Å²) in [6, 6.07) is 14.8. The molecule has 5 N–H and O–H groups in total. The number of likely N-dealkylation sites (tertiary alicyclic amines) is 2. The van der Waals surface area contributed by atoms with Gasteiger partial charge in [-0.1, -0.05) is 38.0 Å². The van der Waals surface area contributed by atoms with Gasteiger partial charge in [0.2, 0.25) is 16.9 Å². The average Bonchev–Trinajstić information content (AvgIpc) is 4.01. The summed E-state index contributed by atoms with van der Waals surface area (Å²) in [5, 5.41) is 40.4. The molecule has 308 valence electrons. The van der Waals surface area contributed by atoms with E-state index in [0.717, 1.165) is 29.7 Å². The Balaban J connectivity index is 0.000000165. The number of benzene rings is 1. The number of hydrogen-bond donors (Lipinski definition) is 4. The van der Waals surface area contributed by atoms with Crippen molar-refractivity contribution in [1.29, 1.82) is 0 Å². The molecular formula is C42H56N12O3S. The Hall–Kier alpha value is -5.45. The van der Waals surface area contributed by atoms with E-state index in [9.17, 15) is 5.11 Å². The minimum atomic E-state index is -0.0997. The summed E-state index contributed by atoms with van der Waals surface area (Å²) in [6.07, 6.45) is 10.7. The van der Waals surface area contributed by atoms with E-state index in [1.54, 1.807) is 36.8 Å². The van der Waals surface area contributed by atoms with Crippen molar-refractivity contribution in [3.05, 3.63) is 73.3 Å². The predicted molar refractivity (Wildman–Crippen MR) is 228 cm³/mol. The fourth-order valence-electron chi connectivity index (χ4n) is 7.07. The summed E-state index contributed by atoms with van der Waals surface area (Å²) >= 11 is 1.20. The zero-order valence-electron chi connectivity index (χ0n) is 34.9. The van der Waals surface area contributed by atoms with Gasteiger partial charge in [-0.05, 0) is 120 Å². The number of aromatic amines is 2. The summed E-state index contributed by atoms with van der Waals surface area (Å²) in [6.45, 7) is 18.4. The zero-order valence-corrected chi connectivity index (χ0v) is 35.7. The number of rotatable bonds is 7. The van der Waals surface area contributed by atoms with E-state index in [0.29, 0.717) is 55.8 Å². The van der Waals surface area contributed by atoms with Crippen LogP contribution in [0, 0.1) is 11.3 Å². The van der Waals surface area contributed by atoms with Gasteiger partial charge in [0.05, 0.1) is 29.3 Å². The number of aromatic hydroxyl groups is 1. The number of hydrogen-bond acceptors (Lipinski definition) is 14. The molecular weight excluding hydrogens is 753 g/mol. The highest BCUT2D eigenvalue weighted by atomic mass is 32.1. The third kappa shape index (κ3) is 9.63. The quantitative estimate of drug-likeness (QED) is 0.122. The minimum absolute atomic E-state index is 0.0600. The van der Waals surface area contributed by atoms with Crippen LogP contribution in [-0.2, 0) is 0 Å². The van der Waals surface area contributed by atoms with Crippen molar-refractivity contribution in [2.24, 2.45) is 11.3 Å². The molecule has 2 unspecified atom stereocenters. The maximum absolute atomic E-state index is 10.3. The van der Waals surface area contributed by atoms with Crippen molar-refractivity contribution < 1.29 is 14.6 Å². The third-order valence-electron chi connectivity index (χ3n) is 12.5. The monoisotopic (exact) mass is 808 g/mol. The number of piperidine rings is 2. The van der Waals surface area contributed by atoms with Gasteiger partial charge in [-0.25, -0.2) is 4.98 Å². The van der Waals surface area contributed by atoms with Gasteiger partial charge in [-0.3, -0.25) is 10.2 Å². The van der Waals surface area contributed by atoms with Crippen molar-refractivity contribution in [2.75, 3.05) is 32.9 Å². The Labute approximate surface area is 344 Å². The van der Waals surface area contributed by atoms with Crippen LogP contribution < -0.4 is 15.2 Å². The topological polar surface area (TPSA) is 193 Å². The van der Waals surface area contributed by atoms with E-state index in [4.69, 9.17) is 15.2 Å². The fourth-order valence-corrected chi connectivity index (χ4v) is 7.55. The molecule has 2 saturated heterocycles. The number of nitrogen functional groups attached to an aromatic ring is 1. The Morgan fingerprint density at radius 1 is 0.828 bits per heavy atom. The summed E-state index contributed by atoms with van der Waals surface area (Å²) in [7, 11) is 4.39. The first kappa shape index (κ1) is 42.2. The van der Waals surface area contributed by atoms with Crippen LogP contribution in [0.4, 0.5) is 5.13 Å². The molecule has 2 aliphatic heterocycles. The van der Waals surface area contributed by atoms with Crippen LogP contribution in [0.2, 0.25) is 0 Å². The number of aromatic nitrogens is 9. The first-order valence-electron chi connectivity index (χ1n) is 19.5. The van der Waals surface area contributed by atoms with Crippen LogP contribution in [0.3, 0.4) is 0 Å². The number of H-pyrrole nitrogens is 2. The number of nitrogens with two attached hydrogens (primary N) is 1. The van der Waals surface area contributed by atoms with Crippen LogP contribution in [0.1, 0.15) is 67.7 Å². The highest BCUT2D eigenvalue weighted by Crippen LogP contribution is 2.42. The van der Waals surface area contributed by atoms with E-state index < -0.39 is 0 Å². The fraction of sp³-hybridized carbons (Fsp3) is 0.452. The molecule has 16 heteroatoms. The van der Waals surface area contributed by atoms with Gasteiger partial charge in [-0.15, -0.1) is 15.3 Å². The van der Waals surface area contributed by atoms with Gasteiger partial charge < -0.3 is 30.1 Å². The SMILES string of the molecule is CC1C(Oc2ccc(-c3ccc(-c4cn[nH]c4)nc3O)nn2)CCN(C)C1(C)C.CN1CCCC(C)(C)C1(C)C.Nc1nnc(Oc2cccc(-c3cn[nH]c3)c2)s1. The molecule has 5 aromatic heterocycles. The second kappa shape index (κ2) is 17.6. The van der Waals surface area contributed by atoms with Crippen molar-refractivity contribution >= 4 is 16.5 Å². The number of nitrogens with zero attached hydrogens (tertiary/aromatic N) is 9. The molecule has 1 aromatic carbocycles. The lowest BCUT2D eigenvalue weighted by Gasteiger charge is -2.52. The standard InChI is InChI=1S/C21H26N6O2.C11H9N5OS.C10H21N/c1-13-18(9-10-27(4)21(13,2)3)29-19-8-7-17(25-26-19)15-5-6-16(24-20(15)28)14-11-22-23-12-14;12-10-15-16-11(18-10)17-9-3-1-2-7(4-9)8-5-13-14-6-8;1-9(2)7-6-8-11(5)10(9,3)4/h5-8,11-13,18H,9-10H2,1-4H3,(H,22,23)(H,24,28);1-6H,(H2,12,15)(H,13,14);6-8H2,1-5H3. The van der Waals surface area contributed by atoms with Crippen molar-refractivity contribution in [3.63, 3.8) is 0 Å². The Morgan fingerprint density at radius 3 is 2.16 bits per heavy atom. The van der Waals surface area contributed by atoms with Crippen molar-refractivity contribution in [3.8, 4) is 56.3 Å². The lowest BCUT2D eigenvalue weighted by molar-refractivity contribution is -0.0301. The molecule has 0 spiro atoms. The normalized spacial score (nSPS) is 19.9. The lowest BCUT2D eigenvalue weighted by atomic mass is 9.68. The number of nitrogens with one attached hydrogen (secondary N) is 2. The highest BCUT2D eigenvalue weighted by molar-refractivity contribution is 7.16. The number of pyridine rings is 1. The predicted octanol–water partition coefficient (Wildman–Crippen LogP) is 7.95. The summed E-state index contributed by atoms with van der Waals surface area (Å²) < 4.78 is 11.7. The average molecular weight is 809 g/mol. The van der Waals surface area contributed by atoms with Crippen molar-refractivity contribution in [1.82, 2.24) is 55.6 Å². The molecule has 0 saturated carbocycles. The number of ether oxygens (including phenoxy) is 2. The molecule has 2 atom stereocenters. The second-order valence-corrected chi connectivity index (χ2v) is 17.6. The number of anilines is 1. The van der Waals surface area contributed by atoms with E-state index in [1.165, 1.54) is 30.7 Å². The maximum Gasteiger partial charge on any atom is 0.301 e. The Kier molecular flexibility index (Phi) is 12.8. The van der Waals surface area contributed by atoms with E-state index >= 15 is 0 Å². The van der Waals surface area contributed by atoms with Crippen LogP contribution >= 0.6 is 11.3 Å². The van der Waals surface area contributed by atoms with Gasteiger partial charge in [0.25, 0.3) is 0 Å². The van der Waals surface area contributed by atoms with E-state index in [2.05, 4.69) is 118 Å². The first-order valence-corrected chi connectivity index (χ1v) is 20.4. The molecule has 58 heavy (non-hydrogen) atoms. The first-order chi connectivity index (χ1) is 27.5. The van der Waals surface area contributed by atoms with Crippen LogP contribution in [-0.4, -0.2) is 105 Å². The van der Waals surface area contributed by atoms with Crippen molar-refractivity contribution in [2.45, 2.75) is 84.9 Å². The Morgan fingerprint density at radius 2 is 1.55 bits per heavy atom. The zero-order chi connectivity index (χ0) is 41.7. The summed E-state index contributed by atoms with van der Waals surface area (Å²) in [5.74, 6) is 1.43. The largest absolute Gasteiger partial charge is 0.493 e. The molecule has 6 aromatic rings. The minimum Gasteiger partial charge on any atom is -0.493 e. The molecule has 0 aliphatic carbocycles. The molecule has 0 bridgehead atoms. The van der Waals surface area contributed by atoms with Crippen LogP contribution in [0.15, 0.2) is 73.3 Å². The second-order valence-electron chi connectivity index (χ2n) is 16.6. The molecule has 7 heterocycles. The molecule has 2 fully saturated rings. The van der Waals surface area contributed by atoms with Gasteiger partial charge in [-0.2, -0.15) is 10.2 Å². The van der Waals surface area contributed by atoms with Gasteiger partial charge in [0.1, 0.15) is 11.9 Å². The smallest absolute Gasteiger partial charge is 0.301 e. The van der Waals surface area contributed by atoms with E-state index in [1.807, 2.05) is 36.5 Å². The third-order valence-corrected chi connectivity index (χ3v) is 13.1. The Bertz CT molecular complexity index is 2200. The van der Waals surface area contributed by atoms with Crippen LogP contribution in [0.25, 0.3) is 33.6 Å². The highest BCUT2D eigenvalue weighted by Gasteiger charge is 2.42. The van der Waals surface area contributed by atoms with E-state index in [-0.39, 0.29) is 17.5 Å². The van der Waals surface area contributed by atoms with Crippen LogP contribution in [0.5, 0.6) is 22.7 Å². The van der Waals surface area contributed by atoms with Gasteiger partial charge >= 0.3 is 5.19 Å². The summed E-state index contributed by atoms with van der Waals surface area (Å²) in [4.78, 5) is 9.09. The molecule has 0 amide bonds. The molecule has 8 rings (SSSR count). The summed E-state index contributed by atoms with van der Waals surface area (Å²) in [5.41, 5.74) is 10.9. The molecule has 0 radical (unpaired) electrons. The maximum atomic E-state index is 10.3.